The van der Waals surface area contributed by atoms with Crippen LogP contribution in [0.2, 0.25) is 0 Å². The van der Waals surface area contributed by atoms with Crippen molar-refractivity contribution in [1.29, 1.82) is 0 Å². The molecule has 0 aliphatic rings. The second-order valence-corrected chi connectivity index (χ2v) is 5.86. The van der Waals surface area contributed by atoms with E-state index >= 15 is 0 Å². The van der Waals surface area contributed by atoms with Gasteiger partial charge in [0.15, 0.2) is 0 Å². The highest BCUT2D eigenvalue weighted by Gasteiger charge is 2.30. The lowest BCUT2D eigenvalue weighted by molar-refractivity contribution is -0.137. The lowest BCUT2D eigenvalue weighted by Crippen LogP contribution is -2.27. The molecular formula is C21H19F3N2O2. The molecule has 2 N–H and O–H groups in total. The molecule has 0 fully saturated rings. The fourth-order valence-corrected chi connectivity index (χ4v) is 2.34. The van der Waals surface area contributed by atoms with E-state index in [9.17, 15) is 22.8 Å². The smallest absolute Gasteiger partial charge is 0.322 e. The predicted molar refractivity (Wildman–Crippen MR) is 101 cm³/mol. The van der Waals surface area contributed by atoms with Crippen molar-refractivity contribution >= 4 is 17.5 Å². The Kier molecular flexibility index (Phi) is 6.76. The summed E-state index contributed by atoms with van der Waals surface area (Å²) in [5, 5.41) is 4.99. The first-order chi connectivity index (χ1) is 13.2. The summed E-state index contributed by atoms with van der Waals surface area (Å²) in [7, 11) is 0. The molecule has 2 aromatic carbocycles. The zero-order valence-corrected chi connectivity index (χ0v) is 15.1. The average molecular weight is 388 g/mol. The first kappa shape index (κ1) is 21.0. The fourth-order valence-electron chi connectivity index (χ4n) is 2.34. The van der Waals surface area contributed by atoms with Gasteiger partial charge in [0.25, 0.3) is 11.8 Å². The van der Waals surface area contributed by atoms with Gasteiger partial charge in [-0.2, -0.15) is 13.2 Å². The summed E-state index contributed by atoms with van der Waals surface area (Å²) in [5.41, 5.74) is -0.371. The van der Waals surface area contributed by atoms with Crippen LogP contribution in [0, 0.1) is 0 Å². The second-order valence-electron chi connectivity index (χ2n) is 5.86. The Labute approximate surface area is 160 Å². The number of halogens is 3. The molecule has 2 amide bonds. The quantitative estimate of drug-likeness (QED) is 0.545. The van der Waals surface area contributed by atoms with Gasteiger partial charge in [-0.3, -0.25) is 9.59 Å². The van der Waals surface area contributed by atoms with Gasteiger partial charge in [0.2, 0.25) is 0 Å². The Balaban J connectivity index is 2.14. The Morgan fingerprint density at radius 2 is 1.75 bits per heavy atom. The summed E-state index contributed by atoms with van der Waals surface area (Å²) in [6.45, 7) is 5.48. The molecular weight excluding hydrogens is 369 g/mol. The Morgan fingerprint density at radius 1 is 1.07 bits per heavy atom. The highest BCUT2D eigenvalue weighted by atomic mass is 19.4. The molecule has 146 valence electrons. The third kappa shape index (κ3) is 5.57. The number of carbonyl (C=O) groups excluding carboxylic acids is 2. The lowest BCUT2D eigenvalue weighted by Gasteiger charge is -2.14. The summed E-state index contributed by atoms with van der Waals surface area (Å²) in [6.07, 6.45) is -2.40. The van der Waals surface area contributed by atoms with E-state index < -0.39 is 23.6 Å². The summed E-state index contributed by atoms with van der Waals surface area (Å²) >= 11 is 0. The number of hydrogen-bond donors (Lipinski definition) is 2. The van der Waals surface area contributed by atoms with E-state index in [1.54, 1.807) is 36.4 Å². The van der Waals surface area contributed by atoms with Crippen LogP contribution in [-0.4, -0.2) is 11.8 Å². The van der Waals surface area contributed by atoms with E-state index in [1.807, 2.05) is 6.92 Å². The number of benzene rings is 2. The largest absolute Gasteiger partial charge is 0.416 e. The lowest BCUT2D eigenvalue weighted by atomic mass is 10.1. The van der Waals surface area contributed by atoms with Crippen molar-refractivity contribution in [2.24, 2.45) is 0 Å². The highest BCUT2D eigenvalue weighted by molar-refractivity contribution is 6.07. The van der Waals surface area contributed by atoms with E-state index in [2.05, 4.69) is 17.2 Å². The summed E-state index contributed by atoms with van der Waals surface area (Å²) in [5.74, 6) is -1.14. The maximum Gasteiger partial charge on any atom is 0.416 e. The van der Waals surface area contributed by atoms with E-state index in [1.165, 1.54) is 12.1 Å². The minimum Gasteiger partial charge on any atom is -0.322 e. The molecule has 0 atom stereocenters. The van der Waals surface area contributed by atoms with E-state index in [-0.39, 0.29) is 17.0 Å². The van der Waals surface area contributed by atoms with Crippen molar-refractivity contribution in [2.75, 3.05) is 5.32 Å². The molecule has 4 nitrogen and oxygen atoms in total. The van der Waals surface area contributed by atoms with Crippen LogP contribution in [0.25, 0.3) is 0 Å². The molecule has 2 aromatic rings. The van der Waals surface area contributed by atoms with E-state index in [0.717, 1.165) is 12.1 Å². The molecule has 0 bridgehead atoms. The first-order valence-electron chi connectivity index (χ1n) is 8.46. The van der Waals surface area contributed by atoms with Crippen LogP contribution in [0.15, 0.2) is 78.5 Å². The number of anilines is 1. The van der Waals surface area contributed by atoms with Gasteiger partial charge in [0, 0.05) is 16.9 Å². The molecule has 0 heterocycles. The van der Waals surface area contributed by atoms with Crippen LogP contribution >= 0.6 is 0 Å². The molecule has 7 heteroatoms. The third-order valence-corrected chi connectivity index (χ3v) is 3.74. The van der Waals surface area contributed by atoms with Gasteiger partial charge in [0.05, 0.1) is 11.1 Å². The molecule has 0 unspecified atom stereocenters. The number of rotatable bonds is 6. The average Bonchev–Trinajstić information content (AvgIpc) is 2.67. The van der Waals surface area contributed by atoms with Crippen LogP contribution in [0.1, 0.15) is 29.3 Å². The van der Waals surface area contributed by atoms with Crippen LogP contribution in [0.3, 0.4) is 0 Å². The standard InChI is InChI=1S/C21H19F3N2O2/c1-3-8-18(26-20(28)15-9-5-4-6-10-15)14(2)19(27)25-17-12-7-11-16(13-17)21(22,23)24/h4-13H,2-3H2,1H3,(H,25,27)(H,26,28). The van der Waals surface area contributed by atoms with Gasteiger partial charge in [-0.25, -0.2) is 0 Å². The summed E-state index contributed by atoms with van der Waals surface area (Å²) in [6, 6.07) is 12.7. The number of amides is 2. The summed E-state index contributed by atoms with van der Waals surface area (Å²) < 4.78 is 38.4. The zero-order chi connectivity index (χ0) is 20.7. The predicted octanol–water partition coefficient (Wildman–Crippen LogP) is 4.92. The topological polar surface area (TPSA) is 58.2 Å². The van der Waals surface area contributed by atoms with Crippen LogP contribution < -0.4 is 10.6 Å². The molecule has 0 aromatic heterocycles. The molecule has 0 saturated heterocycles. The number of alkyl halides is 3. The number of carbonyl (C=O) groups is 2. The van der Waals surface area contributed by atoms with Crippen LogP contribution in [0.5, 0.6) is 0 Å². The molecule has 0 radical (unpaired) electrons. The monoisotopic (exact) mass is 388 g/mol. The molecule has 2 rings (SSSR count). The Bertz CT molecular complexity index is 903. The van der Waals surface area contributed by atoms with Gasteiger partial charge < -0.3 is 10.6 Å². The van der Waals surface area contributed by atoms with Crippen LogP contribution in [0.4, 0.5) is 18.9 Å². The zero-order valence-electron chi connectivity index (χ0n) is 15.1. The van der Waals surface area contributed by atoms with E-state index in [4.69, 9.17) is 0 Å². The van der Waals surface area contributed by atoms with E-state index in [0.29, 0.717) is 12.0 Å². The first-order valence-corrected chi connectivity index (χ1v) is 8.46. The molecule has 0 saturated carbocycles. The molecule has 0 aliphatic heterocycles. The van der Waals surface area contributed by atoms with Gasteiger partial charge >= 0.3 is 6.18 Å². The van der Waals surface area contributed by atoms with Crippen molar-refractivity contribution in [3.05, 3.63) is 89.6 Å². The van der Waals surface area contributed by atoms with Crippen LogP contribution in [-0.2, 0) is 11.0 Å². The van der Waals surface area contributed by atoms with Crippen molar-refractivity contribution in [3.8, 4) is 0 Å². The highest BCUT2D eigenvalue weighted by Crippen LogP contribution is 2.30. The summed E-state index contributed by atoms with van der Waals surface area (Å²) in [4.78, 5) is 24.7. The van der Waals surface area contributed by atoms with Gasteiger partial charge in [-0.1, -0.05) is 43.8 Å². The normalized spacial score (nSPS) is 11.6. The van der Waals surface area contributed by atoms with Crippen molar-refractivity contribution in [1.82, 2.24) is 5.32 Å². The second kappa shape index (κ2) is 9.03. The van der Waals surface area contributed by atoms with Crippen molar-refractivity contribution in [3.63, 3.8) is 0 Å². The fraction of sp³-hybridized carbons (Fsp3) is 0.143. The third-order valence-electron chi connectivity index (χ3n) is 3.74. The number of hydrogen-bond acceptors (Lipinski definition) is 2. The minimum absolute atomic E-state index is 0.0220. The van der Waals surface area contributed by atoms with Crippen molar-refractivity contribution < 1.29 is 22.8 Å². The Morgan fingerprint density at radius 3 is 2.36 bits per heavy atom. The van der Waals surface area contributed by atoms with Crippen molar-refractivity contribution in [2.45, 2.75) is 19.5 Å². The van der Waals surface area contributed by atoms with Gasteiger partial charge in [-0.15, -0.1) is 0 Å². The minimum atomic E-state index is -4.52. The van der Waals surface area contributed by atoms with Gasteiger partial charge in [-0.05, 0) is 36.8 Å². The SMILES string of the molecule is C=C(C(=O)Nc1cccc(C(F)(F)F)c1)C(=CCC)NC(=O)c1ccccc1. The number of nitrogens with one attached hydrogen (secondary N) is 2. The molecule has 28 heavy (non-hydrogen) atoms. The molecule has 0 aliphatic carbocycles. The number of allylic oxidation sites excluding steroid dienone is 1. The Hall–Kier alpha value is -3.35. The maximum absolute atomic E-state index is 12.8. The maximum atomic E-state index is 12.8. The molecule has 0 spiro atoms. The van der Waals surface area contributed by atoms with Gasteiger partial charge in [0.1, 0.15) is 0 Å².